The normalized spacial score (nSPS) is 17.9. The van der Waals surface area contributed by atoms with Crippen molar-refractivity contribution in [2.45, 2.75) is 44.9 Å². The number of carbonyl (C=O) groups excluding carboxylic acids is 1. The van der Waals surface area contributed by atoms with Crippen molar-refractivity contribution in [2.75, 3.05) is 18.4 Å². The summed E-state index contributed by atoms with van der Waals surface area (Å²) in [6.07, 6.45) is 16.1. The van der Waals surface area contributed by atoms with E-state index in [1.807, 2.05) is 31.2 Å². The number of rotatable bonds is 8. The van der Waals surface area contributed by atoms with Gasteiger partial charge in [-0.15, -0.1) is 0 Å². The molecule has 2 amide bonds. The number of anilines is 1. The van der Waals surface area contributed by atoms with Crippen LogP contribution in [0.5, 0.6) is 0 Å². The van der Waals surface area contributed by atoms with E-state index in [0.29, 0.717) is 17.7 Å². The Hall–Kier alpha value is -3.00. The van der Waals surface area contributed by atoms with E-state index in [1.165, 1.54) is 5.57 Å². The number of nitrogens with one attached hydrogen (secondary N) is 3. The smallest absolute Gasteiger partial charge is 0.318 e. The average Bonchev–Trinajstić information content (AvgIpc) is 3.17. The molecule has 4 rings (SSSR count). The lowest BCUT2D eigenvalue weighted by molar-refractivity contribution is 0.243. The van der Waals surface area contributed by atoms with E-state index in [-0.39, 0.29) is 11.9 Å². The standard InChI is InChI=1S/C24H28BClN6O/c1-16-7-6-8-17(13-16)30-24(33)28-12-5-4-11-27-22-14-21(18-9-2-3-10-20(18)26)31-23-19(25)15-29-32(22)23/h2-3,7,10,13-15,18,27H,4-6,8-9,11-12H2,1H3,(H2,28,30,33). The minimum atomic E-state index is -0.150. The molecule has 0 aromatic carbocycles. The SMILES string of the molecule is [B]c1cnn2c(NCCCCNC(=O)NC3=CC(C)=CCC3)cc(C3CC=CC=C3Cl)nc12. The fourth-order valence-electron chi connectivity index (χ4n) is 3.99. The summed E-state index contributed by atoms with van der Waals surface area (Å²) in [5.74, 6) is 0.835. The second kappa shape index (κ2) is 10.7. The Morgan fingerprint density at radius 1 is 1.33 bits per heavy atom. The number of fused-ring (bicyclic) bond motifs is 1. The summed E-state index contributed by atoms with van der Waals surface area (Å²) in [6, 6.07) is 1.84. The summed E-state index contributed by atoms with van der Waals surface area (Å²) < 4.78 is 1.72. The van der Waals surface area contributed by atoms with Crippen molar-refractivity contribution < 1.29 is 4.79 Å². The highest BCUT2D eigenvalue weighted by atomic mass is 35.5. The first-order valence-electron chi connectivity index (χ1n) is 11.3. The van der Waals surface area contributed by atoms with Crippen LogP contribution in [-0.4, -0.2) is 41.6 Å². The first kappa shape index (κ1) is 23.2. The van der Waals surface area contributed by atoms with E-state index in [9.17, 15) is 4.79 Å². The van der Waals surface area contributed by atoms with Crippen molar-refractivity contribution in [3.8, 4) is 0 Å². The number of hydrogen-bond acceptors (Lipinski definition) is 4. The van der Waals surface area contributed by atoms with Gasteiger partial charge in [0.25, 0.3) is 0 Å². The zero-order valence-electron chi connectivity index (χ0n) is 18.8. The molecule has 0 bridgehead atoms. The van der Waals surface area contributed by atoms with Crippen LogP contribution in [0.1, 0.15) is 50.6 Å². The first-order valence-corrected chi connectivity index (χ1v) is 11.7. The molecule has 2 aliphatic rings. The Morgan fingerprint density at radius 3 is 3.00 bits per heavy atom. The van der Waals surface area contributed by atoms with Gasteiger partial charge in [-0.25, -0.2) is 9.78 Å². The molecule has 33 heavy (non-hydrogen) atoms. The maximum atomic E-state index is 12.1. The van der Waals surface area contributed by atoms with Crippen LogP contribution in [0.4, 0.5) is 10.6 Å². The van der Waals surface area contributed by atoms with Crippen LogP contribution < -0.4 is 21.4 Å². The lowest BCUT2D eigenvalue weighted by atomic mass is 9.96. The van der Waals surface area contributed by atoms with Gasteiger partial charge >= 0.3 is 6.03 Å². The highest BCUT2D eigenvalue weighted by Crippen LogP contribution is 2.33. The maximum absolute atomic E-state index is 12.1. The van der Waals surface area contributed by atoms with Gasteiger partial charge in [0.05, 0.1) is 5.69 Å². The molecule has 0 aliphatic heterocycles. The van der Waals surface area contributed by atoms with E-state index < -0.39 is 0 Å². The number of hydrogen-bond donors (Lipinski definition) is 3. The average molecular weight is 463 g/mol. The van der Waals surface area contributed by atoms with E-state index in [0.717, 1.165) is 60.9 Å². The molecule has 2 aromatic rings. The number of halogens is 1. The Bertz CT molecular complexity index is 1150. The van der Waals surface area contributed by atoms with E-state index in [2.05, 4.69) is 33.2 Å². The molecule has 170 valence electrons. The summed E-state index contributed by atoms with van der Waals surface area (Å²) in [4.78, 5) is 16.8. The van der Waals surface area contributed by atoms with Gasteiger partial charge in [0.15, 0.2) is 5.65 Å². The Balaban J connectivity index is 1.28. The van der Waals surface area contributed by atoms with Crippen LogP contribution in [0.25, 0.3) is 5.65 Å². The van der Waals surface area contributed by atoms with Crippen molar-refractivity contribution in [3.05, 3.63) is 64.6 Å². The maximum Gasteiger partial charge on any atom is 0.318 e. The predicted molar refractivity (Wildman–Crippen MR) is 134 cm³/mol. The lowest BCUT2D eigenvalue weighted by Crippen LogP contribution is -2.35. The summed E-state index contributed by atoms with van der Waals surface area (Å²) in [5, 5.41) is 14.4. The van der Waals surface area contributed by atoms with Crippen LogP contribution in [0, 0.1) is 0 Å². The fourth-order valence-corrected chi connectivity index (χ4v) is 4.26. The van der Waals surface area contributed by atoms with Crippen molar-refractivity contribution in [1.29, 1.82) is 0 Å². The fraction of sp³-hybridized carbons (Fsp3) is 0.375. The molecule has 0 saturated heterocycles. The van der Waals surface area contributed by atoms with Gasteiger partial charge in [0.1, 0.15) is 13.7 Å². The summed E-state index contributed by atoms with van der Waals surface area (Å²) in [5.41, 5.74) is 4.17. The van der Waals surface area contributed by atoms with Gasteiger partial charge in [-0.05, 0) is 56.6 Å². The Labute approximate surface area is 200 Å². The molecular weight excluding hydrogens is 435 g/mol. The van der Waals surface area contributed by atoms with Crippen molar-refractivity contribution in [2.24, 2.45) is 0 Å². The van der Waals surface area contributed by atoms with Gasteiger partial charge in [0.2, 0.25) is 0 Å². The molecule has 0 spiro atoms. The molecule has 0 fully saturated rings. The zero-order valence-corrected chi connectivity index (χ0v) is 19.5. The zero-order chi connectivity index (χ0) is 23.2. The molecule has 7 nitrogen and oxygen atoms in total. The molecule has 2 aliphatic carbocycles. The number of amides is 2. The third kappa shape index (κ3) is 5.87. The number of nitrogens with zero attached hydrogens (tertiary/aromatic N) is 3. The quantitative estimate of drug-likeness (QED) is 0.411. The largest absolute Gasteiger partial charge is 0.370 e. The van der Waals surface area contributed by atoms with Gasteiger partial charge in [-0.3, -0.25) is 0 Å². The van der Waals surface area contributed by atoms with E-state index in [1.54, 1.807) is 10.7 Å². The highest BCUT2D eigenvalue weighted by molar-refractivity contribution is 6.36. The predicted octanol–water partition coefficient (Wildman–Crippen LogP) is 3.80. The number of aromatic nitrogens is 3. The van der Waals surface area contributed by atoms with Crippen LogP contribution in [0.2, 0.25) is 0 Å². The van der Waals surface area contributed by atoms with Gasteiger partial charge < -0.3 is 16.0 Å². The van der Waals surface area contributed by atoms with Crippen molar-refractivity contribution in [1.82, 2.24) is 25.2 Å². The summed E-state index contributed by atoms with van der Waals surface area (Å²) in [6.45, 7) is 3.38. The number of carbonyl (C=O) groups is 1. The summed E-state index contributed by atoms with van der Waals surface area (Å²) >= 11 is 6.44. The monoisotopic (exact) mass is 462 g/mol. The molecule has 2 aromatic heterocycles. The third-order valence-corrected chi connectivity index (χ3v) is 6.11. The van der Waals surface area contributed by atoms with E-state index in [4.69, 9.17) is 24.4 Å². The number of unbranched alkanes of at least 4 members (excludes halogenated alkanes) is 1. The van der Waals surface area contributed by atoms with Crippen LogP contribution in [-0.2, 0) is 0 Å². The molecule has 3 N–H and O–H groups in total. The second-order valence-corrected chi connectivity index (χ2v) is 8.78. The Morgan fingerprint density at radius 2 is 2.18 bits per heavy atom. The molecule has 9 heteroatoms. The minimum absolute atomic E-state index is 0.0118. The Kier molecular flexibility index (Phi) is 7.55. The van der Waals surface area contributed by atoms with Crippen molar-refractivity contribution >= 4 is 42.4 Å². The molecule has 2 radical (unpaired) electrons. The van der Waals surface area contributed by atoms with E-state index >= 15 is 0 Å². The van der Waals surface area contributed by atoms with Crippen LogP contribution in [0.3, 0.4) is 0 Å². The van der Waals surface area contributed by atoms with Gasteiger partial charge in [-0.2, -0.15) is 9.61 Å². The van der Waals surface area contributed by atoms with Crippen molar-refractivity contribution in [3.63, 3.8) is 0 Å². The molecule has 2 heterocycles. The third-order valence-electron chi connectivity index (χ3n) is 5.72. The number of urea groups is 1. The summed E-state index contributed by atoms with van der Waals surface area (Å²) in [7, 11) is 6.09. The first-order chi connectivity index (χ1) is 16.0. The topological polar surface area (TPSA) is 83.3 Å². The molecular formula is C24H28BClN6O. The molecule has 0 saturated carbocycles. The van der Waals surface area contributed by atoms with Crippen LogP contribution in [0.15, 0.2) is 58.9 Å². The molecule has 1 atom stereocenters. The van der Waals surface area contributed by atoms with Gasteiger partial charge in [-0.1, -0.05) is 35.4 Å². The second-order valence-electron chi connectivity index (χ2n) is 8.34. The van der Waals surface area contributed by atoms with Gasteiger partial charge in [0, 0.05) is 42.0 Å². The molecule has 1 unspecified atom stereocenters. The lowest BCUT2D eigenvalue weighted by Gasteiger charge is -2.18. The minimum Gasteiger partial charge on any atom is -0.370 e. The highest BCUT2D eigenvalue weighted by Gasteiger charge is 2.20. The van der Waals surface area contributed by atoms with Crippen LogP contribution >= 0.6 is 11.6 Å². The number of allylic oxidation sites excluding steroid dienone is 8.